The van der Waals surface area contributed by atoms with Crippen LogP contribution in [-0.2, 0) is 19.5 Å². The summed E-state index contributed by atoms with van der Waals surface area (Å²) in [7, 11) is -3.66. The molecular weight excluding hydrogens is 312 g/mol. The lowest BCUT2D eigenvalue weighted by atomic mass is 10.1. The first-order chi connectivity index (χ1) is 10.0. The van der Waals surface area contributed by atoms with Crippen LogP contribution in [-0.4, -0.2) is 56.0 Å². The van der Waals surface area contributed by atoms with Crippen molar-refractivity contribution in [2.75, 3.05) is 25.4 Å². The molecule has 9 heteroatoms. The number of sulfonamides is 1. The number of ether oxygens (including phenoxy) is 2. The molecule has 0 spiro atoms. The Labute approximate surface area is 131 Å². The number of alkyl carbamates (subject to hydrolysis) is 1. The van der Waals surface area contributed by atoms with Crippen LogP contribution >= 0.6 is 0 Å². The topological polar surface area (TPSA) is 102 Å². The van der Waals surface area contributed by atoms with Crippen LogP contribution < -0.4 is 5.32 Å². The van der Waals surface area contributed by atoms with Gasteiger partial charge in [-0.15, -0.1) is 0 Å². The number of amides is 2. The second-order valence-corrected chi connectivity index (χ2v) is 8.29. The van der Waals surface area contributed by atoms with E-state index in [1.54, 1.807) is 20.8 Å². The first-order valence-electron chi connectivity index (χ1n) is 7.15. The molecule has 1 saturated heterocycles. The third kappa shape index (κ3) is 6.08. The van der Waals surface area contributed by atoms with Crippen molar-refractivity contribution in [1.82, 2.24) is 9.62 Å². The van der Waals surface area contributed by atoms with E-state index in [1.807, 2.05) is 6.92 Å². The number of rotatable bonds is 6. The van der Waals surface area contributed by atoms with E-state index >= 15 is 0 Å². The third-order valence-corrected chi connectivity index (χ3v) is 4.68. The summed E-state index contributed by atoms with van der Waals surface area (Å²) in [6, 6.07) is 0. The number of carbonyl (C=O) groups is 2. The predicted molar refractivity (Wildman–Crippen MR) is 79.9 cm³/mol. The molecule has 1 heterocycles. The van der Waals surface area contributed by atoms with Crippen molar-refractivity contribution in [2.45, 2.75) is 39.7 Å². The van der Waals surface area contributed by atoms with Crippen molar-refractivity contribution >= 4 is 22.2 Å². The van der Waals surface area contributed by atoms with E-state index in [0.29, 0.717) is 13.0 Å². The average Bonchev–Trinajstić information content (AvgIpc) is 2.79. The summed E-state index contributed by atoms with van der Waals surface area (Å²) in [6.45, 7) is 7.55. The van der Waals surface area contributed by atoms with Crippen LogP contribution in [0.2, 0.25) is 0 Å². The van der Waals surface area contributed by atoms with Crippen molar-refractivity contribution in [2.24, 2.45) is 5.92 Å². The highest BCUT2D eigenvalue weighted by Gasteiger charge is 2.33. The van der Waals surface area contributed by atoms with Gasteiger partial charge in [0.1, 0.15) is 12.2 Å². The largest absolute Gasteiger partial charge is 0.447 e. The molecule has 0 aliphatic carbocycles. The molecule has 1 aliphatic heterocycles. The highest BCUT2D eigenvalue weighted by molar-refractivity contribution is 7.89. The molecular formula is C13H24N2O6S. The van der Waals surface area contributed by atoms with Crippen LogP contribution in [0.25, 0.3) is 0 Å². The second kappa shape index (κ2) is 7.17. The Bertz CT molecular complexity index is 511. The maximum absolute atomic E-state index is 12.0. The number of cyclic esters (lactones) is 1. The maximum Gasteiger partial charge on any atom is 0.423 e. The zero-order valence-corrected chi connectivity index (χ0v) is 14.2. The molecule has 8 nitrogen and oxygen atoms in total. The molecule has 0 radical (unpaired) electrons. The van der Waals surface area contributed by atoms with Gasteiger partial charge in [0.25, 0.3) is 0 Å². The first-order valence-corrected chi connectivity index (χ1v) is 8.76. The molecule has 1 aliphatic rings. The Morgan fingerprint density at radius 2 is 2.09 bits per heavy atom. The van der Waals surface area contributed by atoms with E-state index in [1.165, 1.54) is 0 Å². The summed E-state index contributed by atoms with van der Waals surface area (Å²) in [4.78, 5) is 22.8. The zero-order valence-electron chi connectivity index (χ0n) is 13.4. The van der Waals surface area contributed by atoms with Gasteiger partial charge in [0.15, 0.2) is 0 Å². The summed E-state index contributed by atoms with van der Waals surface area (Å²) in [6.07, 6.45) is -1.04. The number of hydrogen-bond acceptors (Lipinski definition) is 6. The van der Waals surface area contributed by atoms with E-state index in [4.69, 9.17) is 4.74 Å². The zero-order chi connectivity index (χ0) is 17.0. The quantitative estimate of drug-likeness (QED) is 0.785. The number of nitrogens with zero attached hydrogens (tertiary/aromatic N) is 1. The van der Waals surface area contributed by atoms with E-state index in [0.717, 1.165) is 4.31 Å². The summed E-state index contributed by atoms with van der Waals surface area (Å²) in [5, 5.41) is 2.59. The Kier molecular flexibility index (Phi) is 6.04. The minimum absolute atomic E-state index is 0.0612. The van der Waals surface area contributed by atoms with Crippen LogP contribution in [0.1, 0.15) is 34.1 Å². The minimum atomic E-state index is -3.66. The lowest BCUT2D eigenvalue weighted by Crippen LogP contribution is -2.36. The molecule has 2 amide bonds. The Morgan fingerprint density at radius 1 is 1.45 bits per heavy atom. The highest BCUT2D eigenvalue weighted by Crippen LogP contribution is 2.14. The fraction of sp³-hybridized carbons (Fsp3) is 0.846. The fourth-order valence-corrected chi connectivity index (χ4v) is 3.32. The van der Waals surface area contributed by atoms with E-state index < -0.39 is 27.8 Å². The first kappa shape index (κ1) is 18.5. The molecule has 1 atom stereocenters. The van der Waals surface area contributed by atoms with Gasteiger partial charge >= 0.3 is 12.2 Å². The van der Waals surface area contributed by atoms with Crippen molar-refractivity contribution in [3.8, 4) is 0 Å². The molecule has 0 aromatic carbocycles. The molecule has 1 N–H and O–H groups in total. The van der Waals surface area contributed by atoms with Crippen molar-refractivity contribution < 1.29 is 27.5 Å². The van der Waals surface area contributed by atoms with Crippen LogP contribution in [0, 0.1) is 5.92 Å². The fourth-order valence-electron chi connectivity index (χ4n) is 1.77. The minimum Gasteiger partial charge on any atom is -0.447 e. The van der Waals surface area contributed by atoms with Gasteiger partial charge in [-0.25, -0.2) is 22.3 Å². The number of carbonyl (C=O) groups excluding carboxylic acids is 2. The molecule has 0 saturated carbocycles. The molecule has 0 bridgehead atoms. The van der Waals surface area contributed by atoms with Crippen LogP contribution in [0.3, 0.4) is 0 Å². The normalized spacial score (nSPS) is 17.1. The summed E-state index contributed by atoms with van der Waals surface area (Å²) < 4.78 is 34.4. The molecule has 22 heavy (non-hydrogen) atoms. The average molecular weight is 336 g/mol. The molecule has 1 unspecified atom stereocenters. The Balaban J connectivity index is 2.35. The van der Waals surface area contributed by atoms with Gasteiger partial charge in [-0.1, -0.05) is 6.92 Å². The maximum atomic E-state index is 12.0. The van der Waals surface area contributed by atoms with E-state index in [-0.39, 0.29) is 24.8 Å². The summed E-state index contributed by atoms with van der Waals surface area (Å²) >= 11 is 0. The van der Waals surface area contributed by atoms with Crippen LogP contribution in [0.15, 0.2) is 0 Å². The van der Waals surface area contributed by atoms with E-state index in [9.17, 15) is 18.0 Å². The lowest BCUT2D eigenvalue weighted by Gasteiger charge is -2.21. The van der Waals surface area contributed by atoms with Crippen molar-refractivity contribution in [3.63, 3.8) is 0 Å². The standard InChI is InChI=1S/C13H24N2O6S/c1-10(9-14-11(16)21-13(2,3)4)5-8-22(18,19)15-6-7-20-12(15)17/h10H,5-9H2,1-4H3,(H,14,16). The van der Waals surface area contributed by atoms with Gasteiger partial charge in [-0.3, -0.25) is 0 Å². The van der Waals surface area contributed by atoms with Gasteiger partial charge in [-0.05, 0) is 33.1 Å². The summed E-state index contributed by atoms with van der Waals surface area (Å²) in [5.74, 6) is -0.236. The highest BCUT2D eigenvalue weighted by atomic mass is 32.2. The molecule has 1 fully saturated rings. The van der Waals surface area contributed by atoms with Crippen molar-refractivity contribution in [1.29, 1.82) is 0 Å². The van der Waals surface area contributed by atoms with Gasteiger partial charge in [0, 0.05) is 6.54 Å². The molecule has 1 rings (SSSR count). The Hall–Kier alpha value is -1.51. The van der Waals surface area contributed by atoms with Gasteiger partial charge in [0.2, 0.25) is 10.0 Å². The molecule has 0 aromatic rings. The van der Waals surface area contributed by atoms with Gasteiger partial charge < -0.3 is 14.8 Å². The van der Waals surface area contributed by atoms with Crippen LogP contribution in [0.4, 0.5) is 9.59 Å². The number of nitrogens with one attached hydrogen (secondary N) is 1. The lowest BCUT2D eigenvalue weighted by molar-refractivity contribution is 0.0520. The third-order valence-electron chi connectivity index (χ3n) is 2.92. The second-order valence-electron chi connectivity index (χ2n) is 6.28. The van der Waals surface area contributed by atoms with Gasteiger partial charge in [0.05, 0.1) is 12.3 Å². The number of hydrogen-bond donors (Lipinski definition) is 1. The van der Waals surface area contributed by atoms with Crippen LogP contribution in [0.5, 0.6) is 0 Å². The van der Waals surface area contributed by atoms with Crippen molar-refractivity contribution in [3.05, 3.63) is 0 Å². The summed E-state index contributed by atoms with van der Waals surface area (Å²) in [5.41, 5.74) is -0.577. The van der Waals surface area contributed by atoms with E-state index in [2.05, 4.69) is 10.1 Å². The van der Waals surface area contributed by atoms with Gasteiger partial charge in [-0.2, -0.15) is 0 Å². The molecule has 0 aromatic heterocycles. The SMILES string of the molecule is CC(CCS(=O)(=O)N1CCOC1=O)CNC(=O)OC(C)(C)C. The Morgan fingerprint density at radius 3 is 2.59 bits per heavy atom. The monoisotopic (exact) mass is 336 g/mol. The smallest absolute Gasteiger partial charge is 0.423 e. The predicted octanol–water partition coefficient (Wildman–Crippen LogP) is 1.32. The molecule has 128 valence electrons.